The van der Waals surface area contributed by atoms with Crippen LogP contribution in [0.15, 0.2) is 53.0 Å². The number of hydrogen-bond donors (Lipinski definition) is 2. The summed E-state index contributed by atoms with van der Waals surface area (Å²) in [6.45, 7) is 3.38. The van der Waals surface area contributed by atoms with E-state index >= 15 is 0 Å². The van der Waals surface area contributed by atoms with Crippen LogP contribution in [0, 0.1) is 0 Å². The first-order chi connectivity index (χ1) is 12.5. The van der Waals surface area contributed by atoms with Crippen molar-refractivity contribution in [1.82, 2.24) is 5.32 Å². The van der Waals surface area contributed by atoms with Crippen molar-refractivity contribution >= 4 is 50.5 Å². The van der Waals surface area contributed by atoms with Crippen molar-refractivity contribution in [3.8, 4) is 0 Å². The Kier molecular flexibility index (Phi) is 6.27. The Labute approximate surface area is 168 Å². The van der Waals surface area contributed by atoms with Crippen molar-refractivity contribution in [3.05, 3.63) is 58.6 Å². The number of amides is 1. The number of nitrogens with zero attached hydrogens (tertiary/aromatic N) is 1. The highest BCUT2D eigenvalue weighted by Crippen LogP contribution is 2.25. The summed E-state index contributed by atoms with van der Waals surface area (Å²) in [5.41, 5.74) is 2.64. The highest BCUT2D eigenvalue weighted by molar-refractivity contribution is 9.10. The van der Waals surface area contributed by atoms with E-state index in [0.29, 0.717) is 11.6 Å². The maximum absolute atomic E-state index is 12.2. The molecule has 1 fully saturated rings. The van der Waals surface area contributed by atoms with Crippen LogP contribution < -0.4 is 15.5 Å². The molecule has 1 aliphatic heterocycles. The molecule has 2 aromatic carbocycles. The van der Waals surface area contributed by atoms with Crippen LogP contribution in [0.5, 0.6) is 0 Å². The third kappa shape index (κ3) is 4.83. The lowest BCUT2D eigenvalue weighted by Gasteiger charge is -2.35. The van der Waals surface area contributed by atoms with E-state index in [0.717, 1.165) is 16.7 Å². The molecule has 0 saturated carbocycles. The van der Waals surface area contributed by atoms with Crippen LogP contribution in [-0.4, -0.2) is 23.6 Å². The van der Waals surface area contributed by atoms with Gasteiger partial charge in [-0.1, -0.05) is 22.0 Å². The number of anilines is 2. The summed E-state index contributed by atoms with van der Waals surface area (Å²) >= 11 is 8.62. The molecule has 3 rings (SSSR count). The molecule has 0 aliphatic carbocycles. The standard InChI is InChI=1S/C20H22BrN3OS/c1-14-5-2-3-12-24(14)18-10-8-17(9-11-18)22-20(26)23-19(25)15-6-4-7-16(21)13-15/h4,6-11,13-14H,2-3,5,12H2,1H3,(H2,22,23,25,26)/t14-/m1/s1. The van der Waals surface area contributed by atoms with Crippen molar-refractivity contribution in [2.24, 2.45) is 0 Å². The smallest absolute Gasteiger partial charge is 0.257 e. The lowest BCUT2D eigenvalue weighted by Crippen LogP contribution is -2.37. The molecule has 0 unspecified atom stereocenters. The molecule has 4 nitrogen and oxygen atoms in total. The lowest BCUT2D eigenvalue weighted by molar-refractivity contribution is 0.0977. The number of thiocarbonyl (C=S) groups is 1. The number of carbonyl (C=O) groups excluding carboxylic acids is 1. The van der Waals surface area contributed by atoms with Crippen LogP contribution in [-0.2, 0) is 0 Å². The van der Waals surface area contributed by atoms with E-state index in [2.05, 4.69) is 50.5 Å². The minimum absolute atomic E-state index is 0.234. The summed E-state index contributed by atoms with van der Waals surface area (Å²) in [7, 11) is 0. The average Bonchev–Trinajstić information content (AvgIpc) is 2.63. The molecule has 26 heavy (non-hydrogen) atoms. The van der Waals surface area contributed by atoms with Gasteiger partial charge in [0.1, 0.15) is 0 Å². The van der Waals surface area contributed by atoms with Crippen LogP contribution >= 0.6 is 28.1 Å². The first-order valence-electron chi connectivity index (χ1n) is 8.77. The van der Waals surface area contributed by atoms with E-state index in [1.54, 1.807) is 12.1 Å². The van der Waals surface area contributed by atoms with Gasteiger partial charge in [0.15, 0.2) is 5.11 Å². The zero-order valence-electron chi connectivity index (χ0n) is 14.7. The third-order valence-corrected chi connectivity index (χ3v) is 5.27. The zero-order valence-corrected chi connectivity index (χ0v) is 17.1. The largest absolute Gasteiger partial charge is 0.369 e. The molecule has 0 bridgehead atoms. The van der Waals surface area contributed by atoms with E-state index < -0.39 is 0 Å². The molecular weight excluding hydrogens is 410 g/mol. The summed E-state index contributed by atoms with van der Waals surface area (Å²) in [5, 5.41) is 6.06. The minimum atomic E-state index is -0.234. The van der Waals surface area contributed by atoms with Crippen molar-refractivity contribution in [2.75, 3.05) is 16.8 Å². The van der Waals surface area contributed by atoms with Gasteiger partial charge < -0.3 is 10.2 Å². The fourth-order valence-electron chi connectivity index (χ4n) is 3.19. The molecule has 0 radical (unpaired) electrons. The second-order valence-corrected chi connectivity index (χ2v) is 7.83. The van der Waals surface area contributed by atoms with E-state index in [1.165, 1.54) is 24.9 Å². The van der Waals surface area contributed by atoms with E-state index in [9.17, 15) is 4.79 Å². The molecular formula is C20H22BrN3OS. The minimum Gasteiger partial charge on any atom is -0.369 e. The SMILES string of the molecule is C[C@@H]1CCCCN1c1ccc(NC(=S)NC(=O)c2cccc(Br)c2)cc1. The van der Waals surface area contributed by atoms with E-state index in [4.69, 9.17) is 12.2 Å². The summed E-state index contributed by atoms with van der Waals surface area (Å²) < 4.78 is 0.853. The van der Waals surface area contributed by atoms with Crippen LogP contribution in [0.2, 0.25) is 0 Å². The number of rotatable bonds is 3. The first-order valence-corrected chi connectivity index (χ1v) is 9.97. The van der Waals surface area contributed by atoms with Gasteiger partial charge in [-0.25, -0.2) is 0 Å². The first kappa shape index (κ1) is 18.9. The van der Waals surface area contributed by atoms with E-state index in [1.807, 2.05) is 24.3 Å². The van der Waals surface area contributed by atoms with Crippen LogP contribution in [0.1, 0.15) is 36.5 Å². The number of nitrogens with one attached hydrogen (secondary N) is 2. The van der Waals surface area contributed by atoms with Gasteiger partial charge in [0, 0.05) is 34.0 Å². The number of halogens is 1. The highest BCUT2D eigenvalue weighted by atomic mass is 79.9. The molecule has 136 valence electrons. The van der Waals surface area contributed by atoms with Gasteiger partial charge in [0.25, 0.3) is 5.91 Å². The summed E-state index contributed by atoms with van der Waals surface area (Å²) in [5.74, 6) is -0.234. The molecule has 0 aromatic heterocycles. The molecule has 2 aromatic rings. The second-order valence-electron chi connectivity index (χ2n) is 6.50. The van der Waals surface area contributed by atoms with Crippen LogP contribution in [0.25, 0.3) is 0 Å². The van der Waals surface area contributed by atoms with Crippen molar-refractivity contribution in [3.63, 3.8) is 0 Å². The predicted octanol–water partition coefficient (Wildman–Crippen LogP) is 4.95. The fraction of sp³-hybridized carbons (Fsp3) is 0.300. The normalized spacial score (nSPS) is 16.8. The van der Waals surface area contributed by atoms with Crippen molar-refractivity contribution in [1.29, 1.82) is 0 Å². The predicted molar refractivity (Wildman–Crippen MR) is 115 cm³/mol. The Morgan fingerprint density at radius 3 is 2.65 bits per heavy atom. The maximum Gasteiger partial charge on any atom is 0.257 e. The molecule has 6 heteroatoms. The lowest BCUT2D eigenvalue weighted by atomic mass is 10.0. The average molecular weight is 432 g/mol. The van der Waals surface area contributed by atoms with Gasteiger partial charge in [-0.05, 0) is 80.9 Å². The van der Waals surface area contributed by atoms with Gasteiger partial charge in [-0.3, -0.25) is 10.1 Å². The zero-order chi connectivity index (χ0) is 18.5. The van der Waals surface area contributed by atoms with Gasteiger partial charge >= 0.3 is 0 Å². The summed E-state index contributed by atoms with van der Waals surface area (Å²) in [6, 6.07) is 16.0. The van der Waals surface area contributed by atoms with Gasteiger partial charge in [0.05, 0.1) is 0 Å². The van der Waals surface area contributed by atoms with Crippen molar-refractivity contribution in [2.45, 2.75) is 32.2 Å². The Morgan fingerprint density at radius 1 is 1.19 bits per heavy atom. The summed E-state index contributed by atoms with van der Waals surface area (Å²) in [6.07, 6.45) is 3.80. The molecule has 1 heterocycles. The van der Waals surface area contributed by atoms with Crippen LogP contribution in [0.3, 0.4) is 0 Å². The Bertz CT molecular complexity index is 794. The van der Waals surface area contributed by atoms with E-state index in [-0.39, 0.29) is 11.0 Å². The number of carbonyl (C=O) groups is 1. The second kappa shape index (κ2) is 8.64. The Morgan fingerprint density at radius 2 is 1.96 bits per heavy atom. The molecule has 0 spiro atoms. The quantitative estimate of drug-likeness (QED) is 0.674. The molecule has 1 atom stereocenters. The molecule has 1 aliphatic rings. The third-order valence-electron chi connectivity index (χ3n) is 4.57. The Balaban J connectivity index is 1.58. The van der Waals surface area contributed by atoms with Crippen LogP contribution in [0.4, 0.5) is 11.4 Å². The monoisotopic (exact) mass is 431 g/mol. The fourth-order valence-corrected chi connectivity index (χ4v) is 3.80. The highest BCUT2D eigenvalue weighted by Gasteiger charge is 2.18. The van der Waals surface area contributed by atoms with Gasteiger partial charge in [-0.2, -0.15) is 0 Å². The Hall–Kier alpha value is -1.92. The topological polar surface area (TPSA) is 44.4 Å². The summed E-state index contributed by atoms with van der Waals surface area (Å²) in [4.78, 5) is 14.7. The number of hydrogen-bond acceptors (Lipinski definition) is 3. The number of piperidine rings is 1. The molecule has 1 amide bonds. The number of benzene rings is 2. The van der Waals surface area contributed by atoms with Gasteiger partial charge in [-0.15, -0.1) is 0 Å². The maximum atomic E-state index is 12.2. The van der Waals surface area contributed by atoms with Gasteiger partial charge in [0.2, 0.25) is 0 Å². The molecule has 2 N–H and O–H groups in total. The molecule has 1 saturated heterocycles. The van der Waals surface area contributed by atoms with Crippen molar-refractivity contribution < 1.29 is 4.79 Å².